The van der Waals surface area contributed by atoms with E-state index in [1.54, 1.807) is 24.5 Å². The van der Waals surface area contributed by atoms with Crippen LogP contribution in [0.25, 0.3) is 16.6 Å². The molecule has 0 saturated heterocycles. The molecular formula is C12H7F2N3. The zero-order valence-corrected chi connectivity index (χ0v) is 8.64. The first kappa shape index (κ1) is 9.89. The van der Waals surface area contributed by atoms with Crippen LogP contribution in [0, 0.1) is 11.6 Å². The summed E-state index contributed by atoms with van der Waals surface area (Å²) in [5, 5.41) is 4.64. The van der Waals surface area contributed by atoms with Crippen LogP contribution in [0.2, 0.25) is 0 Å². The van der Waals surface area contributed by atoms with Gasteiger partial charge in [-0.15, -0.1) is 0 Å². The molecule has 0 amide bonds. The Morgan fingerprint density at radius 1 is 1.06 bits per heavy atom. The number of nitrogens with zero attached hydrogens (tertiary/aromatic N) is 3. The summed E-state index contributed by atoms with van der Waals surface area (Å²) in [6, 6.07) is 5.80. The predicted octanol–water partition coefficient (Wildman–Crippen LogP) is 2.70. The molecule has 3 rings (SSSR count). The van der Waals surface area contributed by atoms with E-state index in [9.17, 15) is 8.78 Å². The lowest BCUT2D eigenvalue weighted by molar-refractivity contribution is 0.510. The molecule has 84 valence electrons. The first-order valence-corrected chi connectivity index (χ1v) is 4.99. The number of aromatic nitrogens is 3. The topological polar surface area (TPSA) is 30.7 Å². The largest absolute Gasteiger partial charge is 0.262 e. The van der Waals surface area contributed by atoms with Crippen LogP contribution in [0.15, 0.2) is 42.9 Å². The van der Waals surface area contributed by atoms with Gasteiger partial charge in [-0.2, -0.15) is 5.10 Å². The summed E-state index contributed by atoms with van der Waals surface area (Å²) in [6.45, 7) is 0. The first-order valence-electron chi connectivity index (χ1n) is 4.99. The summed E-state index contributed by atoms with van der Waals surface area (Å²) in [7, 11) is 0. The molecule has 17 heavy (non-hydrogen) atoms. The summed E-state index contributed by atoms with van der Waals surface area (Å²) >= 11 is 0. The van der Waals surface area contributed by atoms with Gasteiger partial charge in [0.1, 0.15) is 0 Å². The Labute approximate surface area is 95.3 Å². The lowest BCUT2D eigenvalue weighted by atomic mass is 10.2. The highest BCUT2D eigenvalue weighted by Gasteiger charge is 2.09. The Kier molecular flexibility index (Phi) is 2.11. The molecule has 0 atom stereocenters. The van der Waals surface area contributed by atoms with E-state index in [4.69, 9.17) is 0 Å². The average Bonchev–Trinajstić information content (AvgIpc) is 2.74. The standard InChI is InChI=1S/C12H7F2N3/c13-10-4-8-6-16-17(12(8)5-11(10)14)9-2-1-3-15-7-9/h1-7H. The van der Waals surface area contributed by atoms with Crippen molar-refractivity contribution in [3.05, 3.63) is 54.5 Å². The Bertz CT molecular complexity index is 677. The fourth-order valence-electron chi connectivity index (χ4n) is 1.71. The van der Waals surface area contributed by atoms with Crippen LogP contribution in [0.1, 0.15) is 0 Å². The summed E-state index contributed by atoms with van der Waals surface area (Å²) < 4.78 is 27.7. The molecule has 0 aliphatic carbocycles. The third kappa shape index (κ3) is 1.56. The van der Waals surface area contributed by atoms with Gasteiger partial charge in [-0.3, -0.25) is 4.98 Å². The van der Waals surface area contributed by atoms with E-state index in [1.165, 1.54) is 10.9 Å². The molecule has 0 fully saturated rings. The minimum atomic E-state index is -0.886. The fraction of sp³-hybridized carbons (Fsp3) is 0. The van der Waals surface area contributed by atoms with Crippen LogP contribution in [-0.4, -0.2) is 14.8 Å². The quantitative estimate of drug-likeness (QED) is 0.644. The number of hydrogen-bond donors (Lipinski definition) is 0. The van der Waals surface area contributed by atoms with Crippen molar-refractivity contribution < 1.29 is 8.78 Å². The summed E-state index contributed by atoms with van der Waals surface area (Å²) in [4.78, 5) is 3.96. The molecule has 3 aromatic rings. The van der Waals surface area contributed by atoms with Crippen molar-refractivity contribution in [3.8, 4) is 5.69 Å². The molecule has 2 aromatic heterocycles. The van der Waals surface area contributed by atoms with Crippen molar-refractivity contribution in [1.29, 1.82) is 0 Å². The van der Waals surface area contributed by atoms with Gasteiger partial charge in [0, 0.05) is 17.6 Å². The number of benzene rings is 1. The summed E-state index contributed by atoms with van der Waals surface area (Å²) in [6.07, 6.45) is 4.73. The van der Waals surface area contributed by atoms with Crippen LogP contribution in [0.4, 0.5) is 8.78 Å². The smallest absolute Gasteiger partial charge is 0.161 e. The Morgan fingerprint density at radius 2 is 1.88 bits per heavy atom. The summed E-state index contributed by atoms with van der Waals surface area (Å²) in [5.41, 5.74) is 1.21. The predicted molar refractivity (Wildman–Crippen MR) is 58.8 cm³/mol. The molecule has 0 radical (unpaired) electrons. The van der Waals surface area contributed by atoms with E-state index in [1.807, 2.05) is 0 Å². The van der Waals surface area contributed by atoms with Gasteiger partial charge in [0.15, 0.2) is 11.6 Å². The van der Waals surface area contributed by atoms with Crippen molar-refractivity contribution >= 4 is 10.9 Å². The van der Waals surface area contributed by atoms with E-state index >= 15 is 0 Å². The normalized spacial score (nSPS) is 10.9. The van der Waals surface area contributed by atoms with Gasteiger partial charge in [-0.05, 0) is 18.2 Å². The molecular weight excluding hydrogens is 224 g/mol. The molecule has 0 spiro atoms. The lowest BCUT2D eigenvalue weighted by Gasteiger charge is -2.02. The number of pyridine rings is 1. The first-order chi connectivity index (χ1) is 8.25. The molecule has 0 aliphatic rings. The van der Waals surface area contributed by atoms with Gasteiger partial charge in [-0.25, -0.2) is 13.5 Å². The van der Waals surface area contributed by atoms with Crippen LogP contribution in [-0.2, 0) is 0 Å². The van der Waals surface area contributed by atoms with Gasteiger partial charge < -0.3 is 0 Å². The van der Waals surface area contributed by atoms with Crippen molar-refractivity contribution in [1.82, 2.24) is 14.8 Å². The highest BCUT2D eigenvalue weighted by atomic mass is 19.2. The van der Waals surface area contributed by atoms with Gasteiger partial charge in [0.25, 0.3) is 0 Å². The van der Waals surface area contributed by atoms with Gasteiger partial charge in [0.05, 0.1) is 23.6 Å². The Hall–Kier alpha value is -2.30. The number of hydrogen-bond acceptors (Lipinski definition) is 2. The van der Waals surface area contributed by atoms with E-state index in [0.29, 0.717) is 16.6 Å². The Balaban J connectivity index is 2.29. The van der Waals surface area contributed by atoms with Crippen LogP contribution in [0.3, 0.4) is 0 Å². The third-order valence-corrected chi connectivity index (χ3v) is 2.50. The number of rotatable bonds is 1. The van der Waals surface area contributed by atoms with Crippen LogP contribution in [0.5, 0.6) is 0 Å². The molecule has 3 nitrogen and oxygen atoms in total. The highest BCUT2D eigenvalue weighted by molar-refractivity contribution is 5.80. The zero-order valence-electron chi connectivity index (χ0n) is 8.64. The molecule has 0 N–H and O–H groups in total. The van der Waals surface area contributed by atoms with E-state index in [-0.39, 0.29) is 0 Å². The molecule has 0 aliphatic heterocycles. The van der Waals surface area contributed by atoms with Crippen molar-refractivity contribution in [3.63, 3.8) is 0 Å². The average molecular weight is 231 g/mol. The van der Waals surface area contributed by atoms with Crippen LogP contribution >= 0.6 is 0 Å². The SMILES string of the molecule is Fc1cc2cnn(-c3cccnc3)c2cc1F. The monoisotopic (exact) mass is 231 g/mol. The molecule has 5 heteroatoms. The number of fused-ring (bicyclic) bond motifs is 1. The molecule has 1 aromatic carbocycles. The second-order valence-electron chi connectivity index (χ2n) is 3.59. The maximum Gasteiger partial charge on any atom is 0.161 e. The Morgan fingerprint density at radius 3 is 2.65 bits per heavy atom. The highest BCUT2D eigenvalue weighted by Crippen LogP contribution is 2.20. The van der Waals surface area contributed by atoms with E-state index in [2.05, 4.69) is 10.1 Å². The van der Waals surface area contributed by atoms with Crippen molar-refractivity contribution in [2.24, 2.45) is 0 Å². The maximum absolute atomic E-state index is 13.2. The minimum absolute atomic E-state index is 0.511. The third-order valence-electron chi connectivity index (χ3n) is 2.50. The summed E-state index contributed by atoms with van der Waals surface area (Å²) in [5.74, 6) is -1.76. The lowest BCUT2D eigenvalue weighted by Crippen LogP contribution is -1.96. The minimum Gasteiger partial charge on any atom is -0.262 e. The van der Waals surface area contributed by atoms with Crippen molar-refractivity contribution in [2.75, 3.05) is 0 Å². The van der Waals surface area contributed by atoms with Crippen LogP contribution < -0.4 is 0 Å². The fourth-order valence-corrected chi connectivity index (χ4v) is 1.71. The number of halogens is 2. The molecule has 2 heterocycles. The zero-order chi connectivity index (χ0) is 11.8. The van der Waals surface area contributed by atoms with Gasteiger partial charge >= 0.3 is 0 Å². The van der Waals surface area contributed by atoms with E-state index in [0.717, 1.165) is 12.1 Å². The molecule has 0 bridgehead atoms. The second kappa shape index (κ2) is 3.62. The second-order valence-corrected chi connectivity index (χ2v) is 3.59. The van der Waals surface area contributed by atoms with Crippen molar-refractivity contribution in [2.45, 2.75) is 0 Å². The molecule has 0 saturated carbocycles. The van der Waals surface area contributed by atoms with Gasteiger partial charge in [0.2, 0.25) is 0 Å². The maximum atomic E-state index is 13.2. The van der Waals surface area contributed by atoms with Gasteiger partial charge in [-0.1, -0.05) is 0 Å². The van der Waals surface area contributed by atoms with E-state index < -0.39 is 11.6 Å². The molecule has 0 unspecified atom stereocenters.